The molecule has 0 aromatic heterocycles. The Morgan fingerprint density at radius 3 is 0.929 bits per heavy atom. The molecule has 0 aliphatic carbocycles. The molecule has 0 N–H and O–H groups in total. The number of carboxylic acid groups (broad SMARTS) is 3. The third-order valence-electron chi connectivity index (χ3n) is 3.40. The van der Waals surface area contributed by atoms with Gasteiger partial charge in [0.05, 0.1) is 0 Å². The molecule has 0 fully saturated rings. The summed E-state index contributed by atoms with van der Waals surface area (Å²) in [4.78, 5) is 27.8. The van der Waals surface area contributed by atoms with E-state index >= 15 is 0 Å². The van der Waals surface area contributed by atoms with Crippen LogP contribution in [0, 0.1) is 0 Å². The Bertz CT molecular complexity index is 292. The first-order valence-electron chi connectivity index (χ1n) is 10.5. The quantitative estimate of drug-likeness (QED) is 0.278. The van der Waals surface area contributed by atoms with Crippen LogP contribution in [0.2, 0.25) is 4.44 Å². The van der Waals surface area contributed by atoms with Gasteiger partial charge < -0.3 is 29.7 Å². The normalized spacial score (nSPS) is 8.93. The Morgan fingerprint density at radius 1 is 0.536 bits per heavy atom. The number of carboxylic acids is 3. The van der Waals surface area contributed by atoms with Crippen molar-refractivity contribution in [2.45, 2.75) is 116 Å². The van der Waals surface area contributed by atoms with Crippen LogP contribution in [0.25, 0.3) is 0 Å². The molecular weight excluding hydrogens is 467 g/mol. The second-order valence-corrected chi connectivity index (χ2v) is 7.54. The van der Waals surface area contributed by atoms with Gasteiger partial charge >= 0.3 is 98.1 Å². The predicted octanol–water partition coefficient (Wildman–Crippen LogP) is 1.93. The van der Waals surface area contributed by atoms with Crippen molar-refractivity contribution in [3.63, 3.8) is 0 Å². The molecular formula is C21H40O6Sn. The van der Waals surface area contributed by atoms with E-state index in [2.05, 4.69) is 6.92 Å². The van der Waals surface area contributed by atoms with E-state index in [1.54, 1.807) is 22.5 Å². The van der Waals surface area contributed by atoms with Crippen molar-refractivity contribution in [2.75, 3.05) is 0 Å². The SMILES string of the molecule is CCC(=O)[O-].CCC(=O)[O-].CCC(=O)[O-].CCCCCCCCCCC[CH2][Sn+3]. The van der Waals surface area contributed by atoms with Crippen LogP contribution in [0.1, 0.15) is 111 Å². The second kappa shape index (κ2) is 33.8. The summed E-state index contributed by atoms with van der Waals surface area (Å²) in [5.41, 5.74) is 0. The van der Waals surface area contributed by atoms with Gasteiger partial charge in [0.25, 0.3) is 0 Å². The van der Waals surface area contributed by atoms with Crippen molar-refractivity contribution in [1.29, 1.82) is 0 Å². The minimum atomic E-state index is -0.995. The molecule has 0 atom stereocenters. The van der Waals surface area contributed by atoms with Crippen LogP contribution in [-0.2, 0) is 14.4 Å². The Hall–Kier alpha value is -0.791. The maximum atomic E-state index is 9.26. The van der Waals surface area contributed by atoms with E-state index in [4.69, 9.17) is 0 Å². The number of unbranched alkanes of at least 4 members (excludes halogenated alkanes) is 9. The summed E-state index contributed by atoms with van der Waals surface area (Å²) < 4.78 is 1.46. The van der Waals surface area contributed by atoms with E-state index < -0.39 is 17.9 Å². The molecule has 0 spiro atoms. The second-order valence-electron chi connectivity index (χ2n) is 6.11. The number of rotatable bonds is 13. The zero-order chi connectivity index (χ0) is 22.6. The molecule has 0 amide bonds. The van der Waals surface area contributed by atoms with Crippen molar-refractivity contribution in [3.05, 3.63) is 0 Å². The molecule has 0 saturated heterocycles. The summed E-state index contributed by atoms with van der Waals surface area (Å²) in [5, 5.41) is 27.8. The predicted molar refractivity (Wildman–Crippen MR) is 108 cm³/mol. The fourth-order valence-corrected chi connectivity index (χ4v) is 2.33. The molecule has 0 rings (SSSR count). The third-order valence-corrected chi connectivity index (χ3v) is 4.41. The van der Waals surface area contributed by atoms with Crippen molar-refractivity contribution in [1.82, 2.24) is 0 Å². The number of carbonyl (C=O) groups is 3. The summed E-state index contributed by atoms with van der Waals surface area (Å²) in [6.45, 7) is 6.90. The summed E-state index contributed by atoms with van der Waals surface area (Å²) in [7, 11) is 0. The van der Waals surface area contributed by atoms with E-state index in [1.807, 2.05) is 0 Å². The van der Waals surface area contributed by atoms with Gasteiger partial charge in [-0.05, 0) is 19.3 Å². The van der Waals surface area contributed by atoms with Crippen LogP contribution in [0.15, 0.2) is 0 Å². The number of hydrogen-bond acceptors (Lipinski definition) is 6. The molecule has 0 aromatic rings. The minimum absolute atomic E-state index is 0.111. The van der Waals surface area contributed by atoms with E-state index in [0.29, 0.717) is 0 Å². The first-order valence-corrected chi connectivity index (χ1v) is 12.5. The molecule has 0 saturated carbocycles. The van der Waals surface area contributed by atoms with Gasteiger partial charge in [-0.1, -0.05) is 20.8 Å². The molecule has 0 aliphatic heterocycles. The Morgan fingerprint density at radius 2 is 0.750 bits per heavy atom. The zero-order valence-corrected chi connectivity index (χ0v) is 21.2. The van der Waals surface area contributed by atoms with Gasteiger partial charge in [-0.15, -0.1) is 0 Å². The summed E-state index contributed by atoms with van der Waals surface area (Å²) in [5.74, 6) is -2.99. The van der Waals surface area contributed by atoms with Gasteiger partial charge in [0.2, 0.25) is 0 Å². The summed E-state index contributed by atoms with van der Waals surface area (Å²) in [6, 6.07) is 0. The zero-order valence-electron chi connectivity index (χ0n) is 18.3. The fraction of sp³-hybridized carbons (Fsp3) is 0.857. The first-order chi connectivity index (χ1) is 13.2. The van der Waals surface area contributed by atoms with Crippen LogP contribution in [0.3, 0.4) is 0 Å². The molecule has 0 radical (unpaired) electrons. The molecule has 7 heteroatoms. The Kier molecular flexibility index (Phi) is 41.8. The molecule has 28 heavy (non-hydrogen) atoms. The number of carbonyl (C=O) groups excluding carboxylic acids is 3. The summed E-state index contributed by atoms with van der Waals surface area (Å²) >= 11 is 1.72. The van der Waals surface area contributed by atoms with Crippen LogP contribution < -0.4 is 15.3 Å². The monoisotopic (exact) mass is 508 g/mol. The van der Waals surface area contributed by atoms with Crippen molar-refractivity contribution in [2.24, 2.45) is 0 Å². The van der Waals surface area contributed by atoms with Crippen LogP contribution in [0.5, 0.6) is 0 Å². The third kappa shape index (κ3) is 63.9. The van der Waals surface area contributed by atoms with E-state index in [-0.39, 0.29) is 19.3 Å². The molecule has 0 bridgehead atoms. The van der Waals surface area contributed by atoms with Crippen LogP contribution in [0.4, 0.5) is 0 Å². The van der Waals surface area contributed by atoms with Gasteiger partial charge in [0.15, 0.2) is 0 Å². The average Bonchev–Trinajstić information content (AvgIpc) is 2.68. The topological polar surface area (TPSA) is 120 Å². The summed E-state index contributed by atoms with van der Waals surface area (Å²) in [6.07, 6.45) is 15.0. The molecule has 0 heterocycles. The number of hydrogen-bond donors (Lipinski definition) is 0. The maximum absolute atomic E-state index is 9.26. The number of aliphatic carboxylic acids is 3. The van der Waals surface area contributed by atoms with Gasteiger partial charge in [-0.2, -0.15) is 0 Å². The van der Waals surface area contributed by atoms with Crippen molar-refractivity contribution in [3.8, 4) is 0 Å². The van der Waals surface area contributed by atoms with Crippen LogP contribution >= 0.6 is 0 Å². The van der Waals surface area contributed by atoms with Crippen LogP contribution in [-0.4, -0.2) is 40.4 Å². The van der Waals surface area contributed by atoms with Gasteiger partial charge in [0.1, 0.15) is 0 Å². The molecule has 0 unspecified atom stereocenters. The van der Waals surface area contributed by atoms with Gasteiger partial charge in [-0.25, -0.2) is 0 Å². The van der Waals surface area contributed by atoms with E-state index in [1.165, 1.54) is 89.4 Å². The van der Waals surface area contributed by atoms with Crippen molar-refractivity contribution >= 4 is 40.4 Å². The average molecular weight is 507 g/mol. The molecule has 0 aromatic carbocycles. The first kappa shape index (κ1) is 34.7. The Labute approximate surface area is 185 Å². The van der Waals surface area contributed by atoms with Gasteiger partial charge in [0, 0.05) is 17.9 Å². The molecule has 6 nitrogen and oxygen atoms in total. The molecule has 0 aliphatic rings. The Balaban J connectivity index is -0.000000159. The molecule has 164 valence electrons. The van der Waals surface area contributed by atoms with E-state index in [0.717, 1.165) is 0 Å². The van der Waals surface area contributed by atoms with Gasteiger partial charge in [-0.3, -0.25) is 0 Å². The fourth-order valence-electron chi connectivity index (χ4n) is 1.61. The van der Waals surface area contributed by atoms with Crippen molar-refractivity contribution < 1.29 is 29.7 Å². The van der Waals surface area contributed by atoms with E-state index in [9.17, 15) is 29.7 Å². The standard InChI is InChI=1S/C12H25.3C3H6O2.Sn/c1-3-5-7-9-11-12-10-8-6-4-2;3*1-2-3(4)5;/h1,3-12H2,2H3;3*2H2,1H3,(H,4,5);/q;;;;+3/p-3.